The predicted molar refractivity (Wildman–Crippen MR) is 44.7 cm³/mol. The number of hydroxylamine groups is 1. The molecule has 0 aromatic rings. The van der Waals surface area contributed by atoms with Gasteiger partial charge >= 0.3 is 6.03 Å². The van der Waals surface area contributed by atoms with Crippen LogP contribution in [0.15, 0.2) is 36.0 Å². The van der Waals surface area contributed by atoms with E-state index in [4.69, 9.17) is 5.21 Å². The molecular formula is C8H10N2O2. The zero-order chi connectivity index (χ0) is 8.97. The van der Waals surface area contributed by atoms with Gasteiger partial charge in [-0.1, -0.05) is 24.8 Å². The first kappa shape index (κ1) is 8.55. The Bertz CT molecular complexity index is 266. The number of hydrogen-bond donors (Lipinski definition) is 3. The SMILES string of the molecule is C=C1C=CC=C1CNC(=O)NO. The van der Waals surface area contributed by atoms with Gasteiger partial charge in [0.25, 0.3) is 0 Å². The van der Waals surface area contributed by atoms with Crippen molar-refractivity contribution in [2.24, 2.45) is 0 Å². The molecule has 4 heteroatoms. The minimum atomic E-state index is -0.615. The molecule has 64 valence electrons. The molecule has 0 aromatic carbocycles. The highest BCUT2D eigenvalue weighted by Gasteiger charge is 2.04. The van der Waals surface area contributed by atoms with Gasteiger partial charge in [0.2, 0.25) is 0 Å². The molecule has 4 nitrogen and oxygen atoms in total. The molecule has 1 aliphatic rings. The van der Waals surface area contributed by atoms with Gasteiger partial charge < -0.3 is 5.32 Å². The van der Waals surface area contributed by atoms with Crippen LogP contribution in [0.4, 0.5) is 4.79 Å². The lowest BCUT2D eigenvalue weighted by molar-refractivity contribution is 0.162. The number of carbonyl (C=O) groups excluding carboxylic acids is 1. The number of hydrogen-bond acceptors (Lipinski definition) is 2. The molecule has 0 bridgehead atoms. The minimum Gasteiger partial charge on any atom is -0.332 e. The Morgan fingerprint density at radius 2 is 2.42 bits per heavy atom. The molecule has 0 heterocycles. The van der Waals surface area contributed by atoms with Crippen molar-refractivity contribution in [1.82, 2.24) is 10.8 Å². The summed E-state index contributed by atoms with van der Waals surface area (Å²) in [5.74, 6) is 0. The second-order valence-corrected chi connectivity index (χ2v) is 2.37. The lowest BCUT2D eigenvalue weighted by Crippen LogP contribution is -2.34. The zero-order valence-corrected chi connectivity index (χ0v) is 6.50. The van der Waals surface area contributed by atoms with Gasteiger partial charge in [-0.15, -0.1) is 0 Å². The maximum atomic E-state index is 10.5. The van der Waals surface area contributed by atoms with Crippen LogP contribution in [0.1, 0.15) is 0 Å². The first-order valence-corrected chi connectivity index (χ1v) is 3.48. The Morgan fingerprint density at radius 1 is 1.67 bits per heavy atom. The Morgan fingerprint density at radius 3 is 2.92 bits per heavy atom. The summed E-state index contributed by atoms with van der Waals surface area (Å²) >= 11 is 0. The Kier molecular flexibility index (Phi) is 2.66. The molecule has 0 unspecified atom stereocenters. The third-order valence-electron chi connectivity index (χ3n) is 1.55. The lowest BCUT2D eigenvalue weighted by atomic mass is 10.2. The van der Waals surface area contributed by atoms with Gasteiger partial charge in [-0.05, 0) is 11.1 Å². The molecule has 0 saturated carbocycles. The van der Waals surface area contributed by atoms with Crippen LogP contribution in [-0.2, 0) is 0 Å². The smallest absolute Gasteiger partial charge is 0.332 e. The highest BCUT2D eigenvalue weighted by Crippen LogP contribution is 2.14. The first-order valence-electron chi connectivity index (χ1n) is 3.48. The Balaban J connectivity index is 2.34. The monoisotopic (exact) mass is 166 g/mol. The predicted octanol–water partition coefficient (Wildman–Crippen LogP) is 0.727. The quantitative estimate of drug-likeness (QED) is 0.418. The summed E-state index contributed by atoms with van der Waals surface area (Å²) in [5.41, 5.74) is 3.30. The largest absolute Gasteiger partial charge is 0.338 e. The minimum absolute atomic E-state index is 0.373. The van der Waals surface area contributed by atoms with Crippen molar-refractivity contribution in [2.45, 2.75) is 0 Å². The maximum absolute atomic E-state index is 10.5. The fourth-order valence-corrected chi connectivity index (χ4v) is 0.882. The van der Waals surface area contributed by atoms with Crippen LogP contribution in [0.2, 0.25) is 0 Å². The fourth-order valence-electron chi connectivity index (χ4n) is 0.882. The van der Waals surface area contributed by atoms with Crippen LogP contribution >= 0.6 is 0 Å². The van der Waals surface area contributed by atoms with Crippen LogP contribution in [0.3, 0.4) is 0 Å². The van der Waals surface area contributed by atoms with E-state index in [0.29, 0.717) is 6.54 Å². The van der Waals surface area contributed by atoms with E-state index in [1.54, 1.807) is 0 Å². The van der Waals surface area contributed by atoms with Crippen LogP contribution in [0, 0.1) is 0 Å². The number of carbonyl (C=O) groups is 1. The van der Waals surface area contributed by atoms with Crippen molar-refractivity contribution in [3.63, 3.8) is 0 Å². The van der Waals surface area contributed by atoms with Crippen LogP contribution < -0.4 is 10.8 Å². The van der Waals surface area contributed by atoms with E-state index in [1.807, 2.05) is 18.2 Å². The fraction of sp³-hybridized carbons (Fsp3) is 0.125. The van der Waals surface area contributed by atoms with E-state index in [-0.39, 0.29) is 0 Å². The first-order chi connectivity index (χ1) is 5.74. The second-order valence-electron chi connectivity index (χ2n) is 2.37. The summed E-state index contributed by atoms with van der Waals surface area (Å²) in [4.78, 5) is 10.5. The molecule has 1 rings (SSSR count). The van der Waals surface area contributed by atoms with E-state index in [9.17, 15) is 4.79 Å². The summed E-state index contributed by atoms with van der Waals surface area (Å²) in [6.07, 6.45) is 5.57. The molecule has 0 atom stereocenters. The third kappa shape index (κ3) is 1.96. The summed E-state index contributed by atoms with van der Waals surface area (Å²) < 4.78 is 0. The van der Waals surface area contributed by atoms with Gasteiger partial charge in [-0.3, -0.25) is 5.21 Å². The molecular weight excluding hydrogens is 156 g/mol. The van der Waals surface area contributed by atoms with Gasteiger partial charge in [0.15, 0.2) is 0 Å². The van der Waals surface area contributed by atoms with Gasteiger partial charge in [-0.2, -0.15) is 0 Å². The molecule has 3 N–H and O–H groups in total. The van der Waals surface area contributed by atoms with E-state index < -0.39 is 6.03 Å². The van der Waals surface area contributed by atoms with E-state index in [0.717, 1.165) is 11.1 Å². The van der Waals surface area contributed by atoms with E-state index in [2.05, 4.69) is 11.9 Å². The highest BCUT2D eigenvalue weighted by molar-refractivity contribution is 5.73. The second kappa shape index (κ2) is 3.73. The van der Waals surface area contributed by atoms with Crippen molar-refractivity contribution in [3.8, 4) is 0 Å². The number of amides is 2. The number of urea groups is 1. The van der Waals surface area contributed by atoms with Gasteiger partial charge in [0.05, 0.1) is 0 Å². The molecule has 0 aliphatic heterocycles. The average Bonchev–Trinajstić information content (AvgIpc) is 2.47. The van der Waals surface area contributed by atoms with Crippen molar-refractivity contribution in [2.75, 3.05) is 6.54 Å². The van der Waals surface area contributed by atoms with Gasteiger partial charge in [0.1, 0.15) is 0 Å². The summed E-state index contributed by atoms with van der Waals surface area (Å²) in [7, 11) is 0. The van der Waals surface area contributed by atoms with Crippen LogP contribution in [0.25, 0.3) is 0 Å². The molecule has 1 aliphatic carbocycles. The van der Waals surface area contributed by atoms with Gasteiger partial charge in [-0.25, -0.2) is 10.3 Å². The standard InChI is InChI=1S/C8H10N2O2/c1-6-3-2-4-7(6)5-9-8(11)10-12/h2-4,12H,1,5H2,(H2,9,10,11). The lowest BCUT2D eigenvalue weighted by Gasteiger charge is -2.04. The zero-order valence-electron chi connectivity index (χ0n) is 6.50. The topological polar surface area (TPSA) is 61.4 Å². The molecule has 0 fully saturated rings. The molecule has 0 spiro atoms. The number of allylic oxidation sites excluding steroid dienone is 3. The van der Waals surface area contributed by atoms with Gasteiger partial charge in [0, 0.05) is 6.54 Å². The molecule has 0 saturated heterocycles. The Hall–Kier alpha value is -1.55. The Labute approximate surface area is 70.2 Å². The van der Waals surface area contributed by atoms with Crippen molar-refractivity contribution in [1.29, 1.82) is 0 Å². The van der Waals surface area contributed by atoms with Crippen LogP contribution in [0.5, 0.6) is 0 Å². The van der Waals surface area contributed by atoms with Crippen molar-refractivity contribution in [3.05, 3.63) is 36.0 Å². The third-order valence-corrected chi connectivity index (χ3v) is 1.55. The van der Waals surface area contributed by atoms with E-state index >= 15 is 0 Å². The molecule has 0 radical (unpaired) electrons. The average molecular weight is 166 g/mol. The van der Waals surface area contributed by atoms with Crippen molar-refractivity contribution >= 4 is 6.03 Å². The number of rotatable bonds is 2. The maximum Gasteiger partial charge on any atom is 0.338 e. The summed E-state index contributed by atoms with van der Waals surface area (Å²) in [6.45, 7) is 4.12. The van der Waals surface area contributed by atoms with Crippen molar-refractivity contribution < 1.29 is 10.0 Å². The van der Waals surface area contributed by atoms with Crippen LogP contribution in [-0.4, -0.2) is 17.8 Å². The number of nitrogens with one attached hydrogen (secondary N) is 2. The summed E-state index contributed by atoms with van der Waals surface area (Å²) in [5, 5.41) is 10.6. The molecule has 12 heavy (non-hydrogen) atoms. The molecule has 2 amide bonds. The summed E-state index contributed by atoms with van der Waals surface area (Å²) in [6, 6.07) is -0.615. The normalized spacial score (nSPS) is 14.4. The van der Waals surface area contributed by atoms with E-state index in [1.165, 1.54) is 5.48 Å². The molecule has 0 aromatic heterocycles. The highest BCUT2D eigenvalue weighted by atomic mass is 16.5.